The van der Waals surface area contributed by atoms with Gasteiger partial charge >= 0.3 is 5.97 Å². The Bertz CT molecular complexity index is 466. The molecule has 0 atom stereocenters. The zero-order chi connectivity index (χ0) is 11.4. The predicted molar refractivity (Wildman–Crippen MR) is 55.8 cm³/mol. The second-order valence-electron chi connectivity index (χ2n) is 2.86. The van der Waals surface area contributed by atoms with Gasteiger partial charge in [0.15, 0.2) is 5.76 Å². The van der Waals surface area contributed by atoms with Crippen molar-refractivity contribution in [3.63, 3.8) is 0 Å². The Morgan fingerprint density at radius 3 is 3.06 bits per heavy atom. The Morgan fingerprint density at radius 1 is 1.50 bits per heavy atom. The zero-order valence-electron chi connectivity index (χ0n) is 8.12. The van der Waals surface area contributed by atoms with Gasteiger partial charge in [-0.2, -0.15) is 0 Å². The van der Waals surface area contributed by atoms with Crippen molar-refractivity contribution in [2.45, 2.75) is 5.75 Å². The van der Waals surface area contributed by atoms with Crippen LogP contribution in [0.5, 0.6) is 0 Å². The molecule has 6 nitrogen and oxygen atoms in total. The highest BCUT2D eigenvalue weighted by molar-refractivity contribution is 7.99. The van der Waals surface area contributed by atoms with Crippen molar-refractivity contribution in [2.75, 3.05) is 5.75 Å². The lowest BCUT2D eigenvalue weighted by Gasteiger charge is -1.91. The number of rotatable bonds is 5. The molecule has 2 rings (SSSR count). The van der Waals surface area contributed by atoms with E-state index >= 15 is 0 Å². The minimum atomic E-state index is -0.865. The van der Waals surface area contributed by atoms with Gasteiger partial charge in [0.2, 0.25) is 5.89 Å². The molecule has 0 bridgehead atoms. The van der Waals surface area contributed by atoms with Crippen molar-refractivity contribution in [3.05, 3.63) is 24.3 Å². The summed E-state index contributed by atoms with van der Waals surface area (Å²) < 4.78 is 10.4. The highest BCUT2D eigenvalue weighted by atomic mass is 32.2. The Morgan fingerprint density at radius 2 is 2.38 bits per heavy atom. The van der Waals surface area contributed by atoms with Crippen LogP contribution < -0.4 is 0 Å². The SMILES string of the molecule is O=C(O)CSCc1nnc(-c2ccco2)o1. The molecule has 0 aliphatic carbocycles. The van der Waals surface area contributed by atoms with Crippen LogP contribution in [0.15, 0.2) is 27.2 Å². The molecule has 0 radical (unpaired) electrons. The Balaban J connectivity index is 1.95. The fourth-order valence-corrected chi connectivity index (χ4v) is 1.61. The zero-order valence-corrected chi connectivity index (χ0v) is 8.94. The maximum Gasteiger partial charge on any atom is 0.313 e. The van der Waals surface area contributed by atoms with Crippen molar-refractivity contribution in [2.24, 2.45) is 0 Å². The number of nitrogens with zero attached hydrogens (tertiary/aromatic N) is 2. The summed E-state index contributed by atoms with van der Waals surface area (Å²) >= 11 is 1.20. The molecule has 2 aromatic rings. The van der Waals surface area contributed by atoms with E-state index in [4.69, 9.17) is 13.9 Å². The fourth-order valence-electron chi connectivity index (χ4n) is 1.04. The molecule has 7 heteroatoms. The smallest absolute Gasteiger partial charge is 0.313 e. The highest BCUT2D eigenvalue weighted by Crippen LogP contribution is 2.19. The van der Waals surface area contributed by atoms with Gasteiger partial charge in [-0.15, -0.1) is 22.0 Å². The van der Waals surface area contributed by atoms with E-state index in [1.807, 2.05) is 0 Å². The summed E-state index contributed by atoms with van der Waals surface area (Å²) in [6.45, 7) is 0. The van der Waals surface area contributed by atoms with Gasteiger partial charge in [0.25, 0.3) is 5.89 Å². The lowest BCUT2D eigenvalue weighted by Crippen LogP contribution is -1.98. The van der Waals surface area contributed by atoms with E-state index in [9.17, 15) is 4.79 Å². The molecule has 0 amide bonds. The molecule has 0 unspecified atom stereocenters. The van der Waals surface area contributed by atoms with Gasteiger partial charge < -0.3 is 13.9 Å². The summed E-state index contributed by atoms with van der Waals surface area (Å²) in [5.74, 6) is 0.713. The van der Waals surface area contributed by atoms with Crippen LogP contribution in [-0.4, -0.2) is 27.0 Å². The van der Waals surface area contributed by atoms with Gasteiger partial charge in [0.05, 0.1) is 17.8 Å². The maximum absolute atomic E-state index is 10.3. The summed E-state index contributed by atoms with van der Waals surface area (Å²) in [5, 5.41) is 16.0. The quantitative estimate of drug-likeness (QED) is 0.849. The molecule has 0 spiro atoms. The maximum atomic E-state index is 10.3. The second kappa shape index (κ2) is 4.84. The lowest BCUT2D eigenvalue weighted by atomic mass is 10.5. The van der Waals surface area contributed by atoms with Gasteiger partial charge in [0.1, 0.15) is 0 Å². The summed E-state index contributed by atoms with van der Waals surface area (Å²) in [6, 6.07) is 3.43. The first kappa shape index (κ1) is 10.7. The summed E-state index contributed by atoms with van der Waals surface area (Å²) in [5.41, 5.74) is 0. The summed E-state index contributed by atoms with van der Waals surface area (Å²) in [6.07, 6.45) is 1.51. The second-order valence-corrected chi connectivity index (χ2v) is 3.85. The molecule has 0 fully saturated rings. The number of hydrogen-bond acceptors (Lipinski definition) is 6. The molecule has 0 aliphatic heterocycles. The number of hydrogen-bond donors (Lipinski definition) is 1. The number of aliphatic carboxylic acids is 1. The summed E-state index contributed by atoms with van der Waals surface area (Å²) in [4.78, 5) is 10.3. The number of carboxylic acids is 1. The average Bonchev–Trinajstić information content (AvgIpc) is 2.85. The third-order valence-corrected chi connectivity index (χ3v) is 2.55. The Hall–Kier alpha value is -1.76. The van der Waals surface area contributed by atoms with Crippen molar-refractivity contribution in [1.82, 2.24) is 10.2 Å². The average molecular weight is 240 g/mol. The Kier molecular flexibility index (Phi) is 3.25. The monoisotopic (exact) mass is 240 g/mol. The van der Waals surface area contributed by atoms with E-state index in [2.05, 4.69) is 10.2 Å². The van der Waals surface area contributed by atoms with E-state index in [1.165, 1.54) is 18.0 Å². The van der Waals surface area contributed by atoms with E-state index in [0.717, 1.165) is 0 Å². The van der Waals surface area contributed by atoms with E-state index in [1.54, 1.807) is 12.1 Å². The van der Waals surface area contributed by atoms with Crippen molar-refractivity contribution in [1.29, 1.82) is 0 Å². The first-order valence-electron chi connectivity index (χ1n) is 4.41. The lowest BCUT2D eigenvalue weighted by molar-refractivity contribution is -0.133. The van der Waals surface area contributed by atoms with Crippen LogP contribution >= 0.6 is 11.8 Å². The van der Waals surface area contributed by atoms with Crippen LogP contribution in [0.1, 0.15) is 5.89 Å². The molecule has 0 saturated carbocycles. The van der Waals surface area contributed by atoms with Crippen molar-refractivity contribution >= 4 is 17.7 Å². The van der Waals surface area contributed by atoms with Gasteiger partial charge in [-0.1, -0.05) is 0 Å². The molecule has 0 saturated heterocycles. The van der Waals surface area contributed by atoms with Gasteiger partial charge in [-0.05, 0) is 12.1 Å². The molecular weight excluding hydrogens is 232 g/mol. The van der Waals surface area contributed by atoms with Crippen LogP contribution in [0.4, 0.5) is 0 Å². The highest BCUT2D eigenvalue weighted by Gasteiger charge is 2.10. The van der Waals surface area contributed by atoms with Gasteiger partial charge in [0, 0.05) is 0 Å². The van der Waals surface area contributed by atoms with Crippen molar-refractivity contribution in [3.8, 4) is 11.7 Å². The molecule has 2 heterocycles. The number of carboxylic acid groups (broad SMARTS) is 1. The first-order chi connectivity index (χ1) is 7.75. The third-order valence-electron chi connectivity index (χ3n) is 1.65. The standard InChI is InChI=1S/C9H8N2O4S/c12-8(13)5-16-4-7-10-11-9(15-7)6-2-1-3-14-6/h1-3H,4-5H2,(H,12,13). The van der Waals surface area contributed by atoms with E-state index < -0.39 is 5.97 Å². The molecule has 16 heavy (non-hydrogen) atoms. The summed E-state index contributed by atoms with van der Waals surface area (Å²) in [7, 11) is 0. The number of aromatic nitrogens is 2. The van der Waals surface area contributed by atoms with Gasteiger partial charge in [-0.25, -0.2) is 0 Å². The minimum absolute atomic E-state index is 0.0124. The van der Waals surface area contributed by atoms with Crippen molar-refractivity contribution < 1.29 is 18.7 Å². The third kappa shape index (κ3) is 2.63. The minimum Gasteiger partial charge on any atom is -0.481 e. The van der Waals surface area contributed by atoms with Gasteiger partial charge in [-0.3, -0.25) is 4.79 Å². The van der Waals surface area contributed by atoms with Crippen LogP contribution in [0.3, 0.4) is 0 Å². The topological polar surface area (TPSA) is 89.4 Å². The first-order valence-corrected chi connectivity index (χ1v) is 5.57. The number of carbonyl (C=O) groups is 1. The molecule has 2 aromatic heterocycles. The van der Waals surface area contributed by atoms with Crippen LogP contribution in [0, 0.1) is 0 Å². The van der Waals surface area contributed by atoms with E-state index in [-0.39, 0.29) is 5.75 Å². The molecule has 0 aromatic carbocycles. The normalized spacial score (nSPS) is 10.5. The van der Waals surface area contributed by atoms with Crippen LogP contribution in [-0.2, 0) is 10.5 Å². The number of furan rings is 1. The molecule has 1 N–H and O–H groups in total. The van der Waals surface area contributed by atoms with Crippen LogP contribution in [0.2, 0.25) is 0 Å². The molecule has 0 aliphatic rings. The largest absolute Gasteiger partial charge is 0.481 e. The van der Waals surface area contributed by atoms with E-state index in [0.29, 0.717) is 23.3 Å². The molecule has 84 valence electrons. The number of thioether (sulfide) groups is 1. The van der Waals surface area contributed by atoms with Crippen LogP contribution in [0.25, 0.3) is 11.7 Å². The predicted octanol–water partition coefficient (Wildman–Crippen LogP) is 1.65. The Labute approximate surface area is 94.7 Å². The molecular formula is C9H8N2O4S. The fraction of sp³-hybridized carbons (Fsp3) is 0.222.